The number of rotatable bonds is 1. The van der Waals surface area contributed by atoms with Gasteiger partial charge in [0.15, 0.2) is 16.7 Å². The summed E-state index contributed by atoms with van der Waals surface area (Å²) in [5.74, 6) is 2.41. The molecule has 2 aliphatic rings. The fourth-order valence-corrected chi connectivity index (χ4v) is 3.12. The Morgan fingerprint density at radius 1 is 1.18 bits per heavy atom. The molecular weight excluding hydrogens is 298 g/mol. The van der Waals surface area contributed by atoms with Gasteiger partial charge in [-0.1, -0.05) is 11.8 Å². The Bertz CT molecular complexity index is 620. The lowest BCUT2D eigenvalue weighted by Crippen LogP contribution is -2.28. The molecule has 0 amide bonds. The second-order valence-electron chi connectivity index (χ2n) is 6.26. The summed E-state index contributed by atoms with van der Waals surface area (Å²) in [7, 11) is 0. The number of benzene rings is 1. The first-order valence-corrected chi connectivity index (χ1v) is 8.45. The molecule has 1 aromatic carbocycles. The molecule has 1 aromatic rings. The number of hydrogen-bond donors (Lipinski definition) is 1. The number of hydrazone groups is 1. The van der Waals surface area contributed by atoms with Gasteiger partial charge in [-0.3, -0.25) is 10.4 Å². The highest BCUT2D eigenvalue weighted by Gasteiger charge is 2.18. The van der Waals surface area contributed by atoms with E-state index in [1.54, 1.807) is 11.8 Å². The van der Waals surface area contributed by atoms with E-state index in [1.165, 1.54) is 0 Å². The van der Waals surface area contributed by atoms with Gasteiger partial charge >= 0.3 is 0 Å². The largest absolute Gasteiger partial charge is 0.490 e. The molecule has 2 aliphatic heterocycles. The predicted molar refractivity (Wildman–Crippen MR) is 91.4 cm³/mol. The van der Waals surface area contributed by atoms with Crippen molar-refractivity contribution in [3.05, 3.63) is 23.8 Å². The molecule has 0 radical (unpaired) electrons. The Morgan fingerprint density at radius 3 is 2.64 bits per heavy atom. The normalized spacial score (nSPS) is 20.1. The van der Waals surface area contributed by atoms with Crippen molar-refractivity contribution < 1.29 is 9.47 Å². The van der Waals surface area contributed by atoms with E-state index in [-0.39, 0.29) is 5.54 Å². The third-order valence-corrected chi connectivity index (χ3v) is 4.02. The molecule has 0 saturated carbocycles. The highest BCUT2D eigenvalue weighted by molar-refractivity contribution is 8.14. The van der Waals surface area contributed by atoms with Crippen LogP contribution in [0.4, 0.5) is 0 Å². The first-order valence-electron chi connectivity index (χ1n) is 7.46. The number of nitrogens with one attached hydrogen (secondary N) is 1. The van der Waals surface area contributed by atoms with E-state index in [0.717, 1.165) is 40.1 Å². The van der Waals surface area contributed by atoms with E-state index in [1.807, 2.05) is 18.2 Å². The summed E-state index contributed by atoms with van der Waals surface area (Å²) in [6.07, 6.45) is 0.912. The molecule has 0 aromatic heterocycles. The average Bonchev–Trinajstić information content (AvgIpc) is 2.71. The summed E-state index contributed by atoms with van der Waals surface area (Å²) in [5.41, 5.74) is 4.99. The SMILES string of the molecule is CC(C)(C)N=C1NN=C(c2ccc3c(c2)OCCCO3)CS1. The van der Waals surface area contributed by atoms with Crippen molar-refractivity contribution in [3.8, 4) is 11.5 Å². The molecule has 0 bridgehead atoms. The molecular formula is C16H21N3O2S. The Hall–Kier alpha value is -1.69. The Labute approximate surface area is 135 Å². The van der Waals surface area contributed by atoms with Crippen LogP contribution in [0.3, 0.4) is 0 Å². The van der Waals surface area contributed by atoms with E-state index in [4.69, 9.17) is 9.47 Å². The van der Waals surface area contributed by atoms with Crippen molar-refractivity contribution in [2.75, 3.05) is 19.0 Å². The van der Waals surface area contributed by atoms with E-state index < -0.39 is 0 Å². The van der Waals surface area contributed by atoms with E-state index in [0.29, 0.717) is 13.2 Å². The fraction of sp³-hybridized carbons (Fsp3) is 0.500. The maximum absolute atomic E-state index is 5.74. The number of thioether (sulfide) groups is 1. The van der Waals surface area contributed by atoms with Crippen LogP contribution in [0, 0.1) is 0 Å². The lowest BCUT2D eigenvalue weighted by Gasteiger charge is -2.19. The fourth-order valence-electron chi connectivity index (χ4n) is 2.17. The van der Waals surface area contributed by atoms with Crippen LogP contribution in [-0.2, 0) is 0 Å². The van der Waals surface area contributed by atoms with Crippen LogP contribution >= 0.6 is 11.8 Å². The van der Waals surface area contributed by atoms with Gasteiger partial charge in [0.05, 0.1) is 24.5 Å². The van der Waals surface area contributed by atoms with Gasteiger partial charge in [0.2, 0.25) is 0 Å². The Balaban J connectivity index is 1.78. The predicted octanol–water partition coefficient (Wildman–Crippen LogP) is 3.04. The molecule has 0 fully saturated rings. The maximum atomic E-state index is 5.74. The van der Waals surface area contributed by atoms with Gasteiger partial charge in [-0.05, 0) is 39.0 Å². The molecule has 0 saturated heterocycles. The number of ether oxygens (including phenoxy) is 2. The zero-order valence-electron chi connectivity index (χ0n) is 13.2. The van der Waals surface area contributed by atoms with Crippen molar-refractivity contribution in [1.29, 1.82) is 0 Å². The summed E-state index contributed by atoms with van der Waals surface area (Å²) >= 11 is 1.67. The molecule has 22 heavy (non-hydrogen) atoms. The molecule has 0 spiro atoms. The van der Waals surface area contributed by atoms with Gasteiger partial charge in [-0.25, -0.2) is 0 Å². The van der Waals surface area contributed by atoms with Crippen LogP contribution < -0.4 is 14.9 Å². The standard InChI is InChI=1S/C16H21N3O2S/c1-16(2,3)17-15-19-18-12(10-22-15)11-5-6-13-14(9-11)21-8-4-7-20-13/h5-6,9H,4,7-8,10H2,1-3H3,(H,17,19). The van der Waals surface area contributed by atoms with Crippen LogP contribution in [0.1, 0.15) is 32.8 Å². The highest BCUT2D eigenvalue weighted by atomic mass is 32.2. The number of aliphatic imine (C=N–C) groups is 1. The maximum Gasteiger partial charge on any atom is 0.178 e. The van der Waals surface area contributed by atoms with Gasteiger partial charge in [0.1, 0.15) is 0 Å². The van der Waals surface area contributed by atoms with Crippen molar-refractivity contribution in [1.82, 2.24) is 5.43 Å². The van der Waals surface area contributed by atoms with Crippen LogP contribution in [0.2, 0.25) is 0 Å². The van der Waals surface area contributed by atoms with Crippen LogP contribution in [0.15, 0.2) is 28.3 Å². The molecule has 0 unspecified atom stereocenters. The first kappa shape index (κ1) is 15.2. The topological polar surface area (TPSA) is 55.2 Å². The number of fused-ring (bicyclic) bond motifs is 1. The van der Waals surface area contributed by atoms with Crippen molar-refractivity contribution in [2.45, 2.75) is 32.7 Å². The van der Waals surface area contributed by atoms with Crippen molar-refractivity contribution >= 4 is 22.6 Å². The smallest absolute Gasteiger partial charge is 0.178 e. The quantitative estimate of drug-likeness (QED) is 0.864. The third-order valence-electron chi connectivity index (χ3n) is 3.15. The number of amidine groups is 1. The molecule has 2 heterocycles. The van der Waals surface area contributed by atoms with Gasteiger partial charge in [-0.2, -0.15) is 5.10 Å². The van der Waals surface area contributed by atoms with Gasteiger partial charge in [0.25, 0.3) is 0 Å². The molecule has 1 N–H and O–H groups in total. The summed E-state index contributed by atoms with van der Waals surface area (Å²) < 4.78 is 11.4. The summed E-state index contributed by atoms with van der Waals surface area (Å²) in [5, 5.41) is 5.32. The lowest BCUT2D eigenvalue weighted by atomic mass is 10.1. The summed E-state index contributed by atoms with van der Waals surface area (Å²) in [4.78, 5) is 4.60. The van der Waals surface area contributed by atoms with Crippen LogP contribution in [0.25, 0.3) is 0 Å². The highest BCUT2D eigenvalue weighted by Crippen LogP contribution is 2.31. The van der Waals surface area contributed by atoms with Gasteiger partial charge < -0.3 is 9.47 Å². The monoisotopic (exact) mass is 319 g/mol. The van der Waals surface area contributed by atoms with Crippen molar-refractivity contribution in [2.24, 2.45) is 10.1 Å². The molecule has 3 rings (SSSR count). The number of hydrogen-bond acceptors (Lipinski definition) is 5. The van der Waals surface area contributed by atoms with Crippen LogP contribution in [-0.4, -0.2) is 35.4 Å². The lowest BCUT2D eigenvalue weighted by molar-refractivity contribution is 0.297. The molecule has 0 atom stereocenters. The second-order valence-corrected chi connectivity index (χ2v) is 7.22. The zero-order valence-corrected chi connectivity index (χ0v) is 14.0. The third kappa shape index (κ3) is 3.74. The Kier molecular flexibility index (Phi) is 4.29. The van der Waals surface area contributed by atoms with E-state index >= 15 is 0 Å². The van der Waals surface area contributed by atoms with E-state index in [9.17, 15) is 0 Å². The first-order chi connectivity index (χ1) is 10.5. The molecule has 5 nitrogen and oxygen atoms in total. The Morgan fingerprint density at radius 2 is 1.95 bits per heavy atom. The summed E-state index contributed by atoms with van der Waals surface area (Å²) in [6, 6.07) is 6.00. The van der Waals surface area contributed by atoms with Crippen LogP contribution in [0.5, 0.6) is 11.5 Å². The minimum atomic E-state index is -0.0996. The average molecular weight is 319 g/mol. The number of nitrogens with zero attached hydrogens (tertiary/aromatic N) is 2. The van der Waals surface area contributed by atoms with Gasteiger partial charge in [-0.15, -0.1) is 0 Å². The van der Waals surface area contributed by atoms with E-state index in [2.05, 4.69) is 36.3 Å². The molecule has 6 heteroatoms. The van der Waals surface area contributed by atoms with Crippen molar-refractivity contribution in [3.63, 3.8) is 0 Å². The molecule has 0 aliphatic carbocycles. The summed E-state index contributed by atoms with van der Waals surface area (Å²) in [6.45, 7) is 7.62. The minimum Gasteiger partial charge on any atom is -0.490 e. The second kappa shape index (κ2) is 6.20. The minimum absolute atomic E-state index is 0.0996. The van der Waals surface area contributed by atoms with Gasteiger partial charge in [0, 0.05) is 17.7 Å². The molecule has 118 valence electrons. The zero-order chi connectivity index (χ0) is 15.6.